The molecule has 1 aromatic heterocycles. The Morgan fingerprint density at radius 1 is 1.31 bits per heavy atom. The average molecular weight is 399 g/mol. The standard InChI is InChI=1S/C15H22N6O3S2/c1-4-20(5-2)26(23,24)12-8-6-7-11(9-12)14-18-19-15(21(14)17)25-10(3)13(16)22/h6-10H,4-5,17H2,1-3H3,(H2,16,22)/t10-/m0/s1. The van der Waals surface area contributed by atoms with E-state index in [1.165, 1.54) is 21.1 Å². The summed E-state index contributed by atoms with van der Waals surface area (Å²) in [5.74, 6) is 5.81. The van der Waals surface area contributed by atoms with Gasteiger partial charge in [0.15, 0.2) is 5.82 Å². The highest BCUT2D eigenvalue weighted by molar-refractivity contribution is 8.00. The molecule has 0 unspecified atom stereocenters. The first kappa shape index (κ1) is 20.2. The van der Waals surface area contributed by atoms with E-state index in [0.717, 1.165) is 11.8 Å². The number of hydrogen-bond acceptors (Lipinski definition) is 7. The van der Waals surface area contributed by atoms with Gasteiger partial charge >= 0.3 is 0 Å². The third kappa shape index (κ3) is 4.00. The number of carbonyl (C=O) groups excluding carboxylic acids is 1. The Bertz CT molecular complexity index is 893. The molecule has 4 N–H and O–H groups in total. The van der Waals surface area contributed by atoms with Crippen molar-refractivity contribution < 1.29 is 13.2 Å². The number of aromatic nitrogens is 3. The SMILES string of the molecule is CCN(CC)S(=O)(=O)c1cccc(-c2nnc(S[C@@H](C)C(N)=O)n2N)c1. The minimum Gasteiger partial charge on any atom is -0.369 e. The fraction of sp³-hybridized carbons (Fsp3) is 0.400. The summed E-state index contributed by atoms with van der Waals surface area (Å²) in [5.41, 5.74) is 5.75. The minimum atomic E-state index is -3.60. The number of nitrogens with zero attached hydrogens (tertiary/aromatic N) is 4. The van der Waals surface area contributed by atoms with Gasteiger partial charge in [-0.25, -0.2) is 13.1 Å². The highest BCUT2D eigenvalue weighted by atomic mass is 32.2. The Labute approximate surface area is 156 Å². The molecule has 11 heteroatoms. The molecule has 142 valence electrons. The van der Waals surface area contributed by atoms with Gasteiger partial charge in [-0.15, -0.1) is 10.2 Å². The van der Waals surface area contributed by atoms with Crippen LogP contribution >= 0.6 is 11.8 Å². The molecule has 0 saturated carbocycles. The maximum absolute atomic E-state index is 12.7. The molecule has 0 saturated heterocycles. The number of carbonyl (C=O) groups is 1. The van der Waals surface area contributed by atoms with Crippen LogP contribution in [-0.4, -0.2) is 51.8 Å². The Kier molecular flexibility index (Phi) is 6.26. The van der Waals surface area contributed by atoms with E-state index in [2.05, 4.69) is 10.2 Å². The highest BCUT2D eigenvalue weighted by Gasteiger charge is 2.23. The fourth-order valence-corrected chi connectivity index (χ4v) is 4.50. The Hall–Kier alpha value is -2.11. The third-order valence-electron chi connectivity index (χ3n) is 3.78. The van der Waals surface area contributed by atoms with Gasteiger partial charge in [0.2, 0.25) is 21.1 Å². The third-order valence-corrected chi connectivity index (χ3v) is 6.90. The molecule has 0 aliphatic carbocycles. The first-order valence-corrected chi connectivity index (χ1v) is 10.3. The van der Waals surface area contributed by atoms with Crippen LogP contribution < -0.4 is 11.6 Å². The van der Waals surface area contributed by atoms with Gasteiger partial charge in [0.1, 0.15) is 0 Å². The molecule has 1 aromatic carbocycles. The van der Waals surface area contributed by atoms with Crippen LogP contribution in [0.1, 0.15) is 20.8 Å². The maximum Gasteiger partial charge on any atom is 0.243 e. The van der Waals surface area contributed by atoms with Crippen LogP contribution in [0.25, 0.3) is 11.4 Å². The summed E-state index contributed by atoms with van der Waals surface area (Å²) in [4.78, 5) is 11.4. The van der Waals surface area contributed by atoms with Crippen molar-refractivity contribution in [3.05, 3.63) is 24.3 Å². The van der Waals surface area contributed by atoms with E-state index in [-0.39, 0.29) is 4.90 Å². The molecule has 26 heavy (non-hydrogen) atoms. The molecule has 0 radical (unpaired) electrons. The Morgan fingerprint density at radius 2 is 1.96 bits per heavy atom. The molecule has 1 amide bonds. The average Bonchev–Trinajstić information content (AvgIpc) is 2.96. The first-order chi connectivity index (χ1) is 12.2. The summed E-state index contributed by atoms with van der Waals surface area (Å²) in [6.45, 7) is 5.96. The largest absolute Gasteiger partial charge is 0.369 e. The lowest BCUT2D eigenvalue weighted by Crippen LogP contribution is -2.30. The van der Waals surface area contributed by atoms with Crippen LogP contribution in [0.5, 0.6) is 0 Å². The predicted octanol–water partition coefficient (Wildman–Crippen LogP) is 0.655. The second-order valence-electron chi connectivity index (χ2n) is 5.46. The van der Waals surface area contributed by atoms with E-state index in [1.807, 2.05) is 0 Å². The van der Waals surface area contributed by atoms with Crippen molar-refractivity contribution in [2.75, 3.05) is 18.9 Å². The van der Waals surface area contributed by atoms with Gasteiger partial charge in [0.25, 0.3) is 0 Å². The smallest absolute Gasteiger partial charge is 0.243 e. The molecule has 0 aliphatic rings. The number of rotatable bonds is 8. The highest BCUT2D eigenvalue weighted by Crippen LogP contribution is 2.26. The summed E-state index contributed by atoms with van der Waals surface area (Å²) >= 11 is 1.08. The van der Waals surface area contributed by atoms with Gasteiger partial charge in [0, 0.05) is 18.7 Å². The zero-order valence-corrected chi connectivity index (χ0v) is 16.4. The van der Waals surface area contributed by atoms with Crippen LogP contribution in [-0.2, 0) is 14.8 Å². The van der Waals surface area contributed by atoms with Crippen LogP contribution in [0, 0.1) is 0 Å². The lowest BCUT2D eigenvalue weighted by molar-refractivity contribution is -0.117. The molecule has 2 aromatic rings. The van der Waals surface area contributed by atoms with Gasteiger partial charge in [-0.2, -0.15) is 4.31 Å². The van der Waals surface area contributed by atoms with Crippen molar-refractivity contribution in [3.63, 3.8) is 0 Å². The number of hydrogen-bond donors (Lipinski definition) is 2. The van der Waals surface area contributed by atoms with Crippen molar-refractivity contribution >= 4 is 27.7 Å². The summed E-state index contributed by atoms with van der Waals surface area (Å²) in [6.07, 6.45) is 0. The second kappa shape index (κ2) is 8.06. The summed E-state index contributed by atoms with van der Waals surface area (Å²) in [5, 5.41) is 7.75. The van der Waals surface area contributed by atoms with Crippen LogP contribution in [0.2, 0.25) is 0 Å². The molecule has 0 bridgehead atoms. The maximum atomic E-state index is 12.7. The van der Waals surface area contributed by atoms with Crippen molar-refractivity contribution in [2.24, 2.45) is 5.73 Å². The molecular formula is C15H22N6O3S2. The molecule has 9 nitrogen and oxygen atoms in total. The van der Waals surface area contributed by atoms with Gasteiger partial charge < -0.3 is 11.6 Å². The Balaban J connectivity index is 2.40. The monoisotopic (exact) mass is 398 g/mol. The molecule has 1 heterocycles. The van der Waals surface area contributed by atoms with Gasteiger partial charge in [-0.1, -0.05) is 37.7 Å². The zero-order chi connectivity index (χ0) is 19.5. The predicted molar refractivity (Wildman–Crippen MR) is 100 cm³/mol. The van der Waals surface area contributed by atoms with E-state index in [0.29, 0.717) is 29.6 Å². The van der Waals surface area contributed by atoms with Gasteiger partial charge in [-0.3, -0.25) is 4.79 Å². The number of thioether (sulfide) groups is 1. The quantitative estimate of drug-likeness (QED) is 0.492. The van der Waals surface area contributed by atoms with Crippen LogP contribution in [0.15, 0.2) is 34.3 Å². The zero-order valence-electron chi connectivity index (χ0n) is 14.8. The number of primary amides is 1. The lowest BCUT2D eigenvalue weighted by atomic mass is 10.2. The number of amides is 1. The fourth-order valence-electron chi connectivity index (χ4n) is 2.28. The minimum absolute atomic E-state index is 0.154. The Morgan fingerprint density at radius 3 is 2.54 bits per heavy atom. The number of benzene rings is 1. The van der Waals surface area contributed by atoms with Crippen molar-refractivity contribution in [3.8, 4) is 11.4 Å². The molecule has 0 spiro atoms. The summed E-state index contributed by atoms with van der Waals surface area (Å²) in [6, 6.07) is 6.35. The van der Waals surface area contributed by atoms with Crippen LogP contribution in [0.3, 0.4) is 0 Å². The van der Waals surface area contributed by atoms with E-state index in [4.69, 9.17) is 11.6 Å². The topological polar surface area (TPSA) is 137 Å². The summed E-state index contributed by atoms with van der Waals surface area (Å²) in [7, 11) is -3.60. The lowest BCUT2D eigenvalue weighted by Gasteiger charge is -2.18. The van der Waals surface area contributed by atoms with Crippen LogP contribution in [0.4, 0.5) is 0 Å². The molecule has 2 rings (SSSR count). The van der Waals surface area contributed by atoms with Crippen molar-refractivity contribution in [1.29, 1.82) is 0 Å². The second-order valence-corrected chi connectivity index (χ2v) is 8.70. The number of nitrogen functional groups attached to an aromatic ring is 1. The van der Waals surface area contributed by atoms with Gasteiger partial charge in [-0.05, 0) is 19.1 Å². The normalized spacial score (nSPS) is 13.1. The molecular weight excluding hydrogens is 376 g/mol. The van der Waals surface area contributed by atoms with Gasteiger partial charge in [0.05, 0.1) is 10.1 Å². The van der Waals surface area contributed by atoms with E-state index in [9.17, 15) is 13.2 Å². The molecule has 0 aliphatic heterocycles. The number of nitrogens with two attached hydrogens (primary N) is 2. The van der Waals surface area contributed by atoms with E-state index in [1.54, 1.807) is 32.9 Å². The summed E-state index contributed by atoms with van der Waals surface area (Å²) < 4.78 is 28.0. The molecule has 1 atom stereocenters. The number of sulfonamides is 1. The molecule has 0 fully saturated rings. The van der Waals surface area contributed by atoms with E-state index < -0.39 is 21.2 Å². The van der Waals surface area contributed by atoms with Crippen molar-refractivity contribution in [1.82, 2.24) is 19.2 Å². The van der Waals surface area contributed by atoms with E-state index >= 15 is 0 Å². The van der Waals surface area contributed by atoms with Crippen molar-refractivity contribution in [2.45, 2.75) is 36.1 Å². The first-order valence-electron chi connectivity index (χ1n) is 7.99.